The highest BCUT2D eigenvalue weighted by Crippen LogP contribution is 2.50. The van der Waals surface area contributed by atoms with Gasteiger partial charge in [-0.2, -0.15) is 10.2 Å². The highest BCUT2D eigenvalue weighted by Gasteiger charge is 2.56. The molecule has 0 bridgehead atoms. The van der Waals surface area contributed by atoms with E-state index >= 15 is 0 Å². The Labute approximate surface area is 185 Å². The van der Waals surface area contributed by atoms with Gasteiger partial charge in [-0.05, 0) is 49.8 Å². The first-order valence-electron chi connectivity index (χ1n) is 11.2. The van der Waals surface area contributed by atoms with Crippen molar-refractivity contribution >= 4 is 29.1 Å². The molecular formula is C22H25ClFN5O2. The Morgan fingerprint density at radius 2 is 2.00 bits per heavy atom. The average molecular weight is 446 g/mol. The van der Waals surface area contributed by atoms with Crippen LogP contribution in [0.25, 0.3) is 0 Å². The number of fused-ring (bicyclic) bond motifs is 2. The lowest BCUT2D eigenvalue weighted by Gasteiger charge is -2.37. The first kappa shape index (κ1) is 19.5. The van der Waals surface area contributed by atoms with E-state index in [1.54, 1.807) is 0 Å². The molecule has 5 aliphatic rings. The minimum absolute atomic E-state index is 0.00744. The molecule has 9 heteroatoms. The van der Waals surface area contributed by atoms with Gasteiger partial charge < -0.3 is 15.1 Å². The molecule has 4 unspecified atom stereocenters. The molecule has 4 atom stereocenters. The van der Waals surface area contributed by atoms with Crippen LogP contribution in [0.4, 0.5) is 10.1 Å². The van der Waals surface area contributed by atoms with Gasteiger partial charge in [0, 0.05) is 48.2 Å². The molecule has 1 aliphatic carbocycles. The first-order chi connectivity index (χ1) is 14.9. The highest BCUT2D eigenvalue weighted by atomic mass is 35.5. The monoisotopic (exact) mass is 445 g/mol. The largest absolute Gasteiger partial charge is 0.373 e. The Morgan fingerprint density at radius 3 is 2.81 bits per heavy atom. The molecule has 4 aliphatic heterocycles. The third-order valence-corrected chi connectivity index (χ3v) is 8.15. The number of azo groups is 1. The summed E-state index contributed by atoms with van der Waals surface area (Å²) in [6.07, 6.45) is 5.50. The van der Waals surface area contributed by atoms with Crippen LogP contribution in [0.1, 0.15) is 37.7 Å². The zero-order valence-corrected chi connectivity index (χ0v) is 17.9. The van der Waals surface area contributed by atoms with Crippen molar-refractivity contribution in [3.8, 4) is 0 Å². The molecule has 1 aromatic carbocycles. The molecular weight excluding hydrogens is 421 g/mol. The SMILES string of the molecule is O=C(C1Cc2c(Cl)cc(F)cc2N1)N1CCC2N=NC(C(=O)N3CCCC34CC4)C2C1. The van der Waals surface area contributed by atoms with Gasteiger partial charge in [0.25, 0.3) is 0 Å². The zero-order valence-electron chi connectivity index (χ0n) is 17.2. The lowest BCUT2D eigenvalue weighted by Crippen LogP contribution is -2.54. The van der Waals surface area contributed by atoms with Crippen LogP contribution in [0.3, 0.4) is 0 Å². The van der Waals surface area contributed by atoms with E-state index in [9.17, 15) is 14.0 Å². The van der Waals surface area contributed by atoms with E-state index in [0.717, 1.165) is 37.8 Å². The fourth-order valence-corrected chi connectivity index (χ4v) is 6.24. The first-order valence-corrected chi connectivity index (χ1v) is 11.6. The number of hydrogen-bond acceptors (Lipinski definition) is 5. The standard InChI is InChI=1S/C22H25ClFN5O2/c23-15-8-12(24)9-17-13(15)10-18(25-17)20(30)28-7-2-16-14(11-28)19(27-26-16)21(31)29-6-1-3-22(29)4-5-22/h8-9,14,16,18-19,25H,1-7,10-11H2. The summed E-state index contributed by atoms with van der Waals surface area (Å²) in [7, 11) is 0. The van der Waals surface area contributed by atoms with Crippen molar-refractivity contribution in [2.75, 3.05) is 25.0 Å². The highest BCUT2D eigenvalue weighted by molar-refractivity contribution is 6.32. The Hall–Kier alpha value is -2.22. The van der Waals surface area contributed by atoms with E-state index in [-0.39, 0.29) is 29.3 Å². The Bertz CT molecular complexity index is 996. The van der Waals surface area contributed by atoms with Gasteiger partial charge >= 0.3 is 0 Å². The summed E-state index contributed by atoms with van der Waals surface area (Å²) in [5, 5.41) is 12.3. The van der Waals surface area contributed by atoms with Gasteiger partial charge in [-0.3, -0.25) is 9.59 Å². The van der Waals surface area contributed by atoms with Gasteiger partial charge in [-0.25, -0.2) is 4.39 Å². The van der Waals surface area contributed by atoms with Crippen molar-refractivity contribution in [3.05, 3.63) is 28.5 Å². The number of hydrogen-bond donors (Lipinski definition) is 1. The topological polar surface area (TPSA) is 77.4 Å². The number of nitrogens with one attached hydrogen (secondary N) is 1. The maximum atomic E-state index is 13.7. The maximum absolute atomic E-state index is 13.7. The van der Waals surface area contributed by atoms with Gasteiger partial charge in [0.1, 0.15) is 11.9 Å². The third kappa shape index (κ3) is 3.05. The van der Waals surface area contributed by atoms with Crippen molar-refractivity contribution < 1.29 is 14.0 Å². The molecule has 6 rings (SSSR count). The van der Waals surface area contributed by atoms with Crippen LogP contribution < -0.4 is 5.32 Å². The second-order valence-electron chi connectivity index (χ2n) is 9.61. The van der Waals surface area contributed by atoms with Gasteiger partial charge in [0.2, 0.25) is 11.8 Å². The van der Waals surface area contributed by atoms with Gasteiger partial charge in [0.05, 0.1) is 6.04 Å². The van der Waals surface area contributed by atoms with Gasteiger partial charge in [0.15, 0.2) is 6.04 Å². The van der Waals surface area contributed by atoms with Crippen LogP contribution >= 0.6 is 11.6 Å². The summed E-state index contributed by atoms with van der Waals surface area (Å²) < 4.78 is 13.7. The number of halogens is 2. The fraction of sp³-hybridized carbons (Fsp3) is 0.636. The summed E-state index contributed by atoms with van der Waals surface area (Å²) >= 11 is 6.18. The third-order valence-electron chi connectivity index (χ3n) is 7.82. The van der Waals surface area contributed by atoms with Gasteiger partial charge in [-0.1, -0.05) is 11.6 Å². The quantitative estimate of drug-likeness (QED) is 0.760. The molecule has 1 aromatic rings. The summed E-state index contributed by atoms with van der Waals surface area (Å²) in [6.45, 7) is 1.88. The van der Waals surface area contributed by atoms with Crippen molar-refractivity contribution in [1.29, 1.82) is 0 Å². The van der Waals surface area contributed by atoms with Crippen molar-refractivity contribution in [1.82, 2.24) is 9.80 Å². The molecule has 7 nitrogen and oxygen atoms in total. The Kier molecular flexibility index (Phi) is 4.32. The summed E-state index contributed by atoms with van der Waals surface area (Å²) in [5.74, 6) is -0.430. The zero-order chi connectivity index (χ0) is 21.3. The van der Waals surface area contributed by atoms with Crippen molar-refractivity contribution in [2.45, 2.75) is 62.2 Å². The molecule has 2 amide bonds. The number of nitrogens with zero attached hydrogens (tertiary/aromatic N) is 4. The maximum Gasteiger partial charge on any atom is 0.250 e. The number of carbonyl (C=O) groups is 2. The van der Waals surface area contributed by atoms with Crippen molar-refractivity contribution in [3.63, 3.8) is 0 Å². The van der Waals surface area contributed by atoms with Gasteiger partial charge in [-0.15, -0.1) is 0 Å². The number of piperidine rings is 1. The minimum Gasteiger partial charge on any atom is -0.373 e. The number of carbonyl (C=O) groups excluding carboxylic acids is 2. The lowest BCUT2D eigenvalue weighted by atomic mass is 9.86. The molecule has 0 aromatic heterocycles. The van der Waals surface area contributed by atoms with Crippen LogP contribution in [-0.4, -0.2) is 64.9 Å². The van der Waals surface area contributed by atoms with E-state index in [2.05, 4.69) is 15.5 Å². The minimum atomic E-state index is -0.478. The number of amides is 2. The van der Waals surface area contributed by atoms with E-state index in [0.29, 0.717) is 36.6 Å². The van der Waals surface area contributed by atoms with E-state index in [1.165, 1.54) is 12.1 Å². The Morgan fingerprint density at radius 1 is 1.16 bits per heavy atom. The molecule has 1 saturated carbocycles. The number of benzene rings is 1. The summed E-state index contributed by atoms with van der Waals surface area (Å²) in [6, 6.07) is 1.72. The molecule has 3 fully saturated rings. The van der Waals surface area contributed by atoms with E-state index < -0.39 is 17.9 Å². The van der Waals surface area contributed by atoms with Crippen LogP contribution in [0.5, 0.6) is 0 Å². The predicted octanol–water partition coefficient (Wildman–Crippen LogP) is 3.02. The number of rotatable bonds is 2. The van der Waals surface area contributed by atoms with Crippen LogP contribution in [0.15, 0.2) is 22.4 Å². The predicted molar refractivity (Wildman–Crippen MR) is 113 cm³/mol. The second-order valence-corrected chi connectivity index (χ2v) is 10.0. The van der Waals surface area contributed by atoms with Crippen LogP contribution in [-0.2, 0) is 16.0 Å². The number of anilines is 1. The van der Waals surface area contributed by atoms with Crippen LogP contribution in [0, 0.1) is 11.7 Å². The molecule has 2 saturated heterocycles. The Balaban J connectivity index is 1.16. The molecule has 1 spiro atoms. The second kappa shape index (κ2) is 6.89. The number of likely N-dealkylation sites (tertiary alicyclic amines) is 2. The van der Waals surface area contributed by atoms with E-state index in [1.807, 2.05) is 9.80 Å². The smallest absolute Gasteiger partial charge is 0.250 e. The summed E-state index contributed by atoms with van der Waals surface area (Å²) in [5.41, 5.74) is 1.45. The van der Waals surface area contributed by atoms with Crippen LogP contribution in [0.2, 0.25) is 5.02 Å². The average Bonchev–Trinajstić information content (AvgIpc) is 3.08. The van der Waals surface area contributed by atoms with E-state index in [4.69, 9.17) is 11.6 Å². The molecule has 1 N–H and O–H groups in total. The normalized spacial score (nSPS) is 32.2. The molecule has 31 heavy (non-hydrogen) atoms. The molecule has 0 radical (unpaired) electrons. The lowest BCUT2D eigenvalue weighted by molar-refractivity contribution is -0.138. The summed E-state index contributed by atoms with van der Waals surface area (Å²) in [4.78, 5) is 30.5. The fourth-order valence-electron chi connectivity index (χ4n) is 5.96. The molecule has 4 heterocycles. The molecule has 164 valence electrons. The van der Waals surface area contributed by atoms with Crippen molar-refractivity contribution in [2.24, 2.45) is 16.1 Å².